The highest BCUT2D eigenvalue weighted by atomic mass is 16.5. The van der Waals surface area contributed by atoms with Crippen molar-refractivity contribution in [1.82, 2.24) is 10.3 Å². The highest BCUT2D eigenvalue weighted by Gasteiger charge is 2.22. The molecule has 2 rings (SSSR count). The van der Waals surface area contributed by atoms with Gasteiger partial charge in [-0.15, -0.1) is 0 Å². The van der Waals surface area contributed by atoms with Crippen LogP contribution in [0, 0.1) is 6.92 Å². The number of ether oxygens (including phenoxy) is 1. The van der Waals surface area contributed by atoms with Crippen molar-refractivity contribution in [3.05, 3.63) is 59.4 Å². The lowest BCUT2D eigenvalue weighted by atomic mass is 10.1. The second-order valence-electron chi connectivity index (χ2n) is 5.72. The highest BCUT2D eigenvalue weighted by molar-refractivity contribution is 5.67. The van der Waals surface area contributed by atoms with Crippen LogP contribution in [0.4, 0.5) is 10.5 Å². The number of nitrogens with one attached hydrogen (secondary N) is 1. The van der Waals surface area contributed by atoms with Crippen molar-refractivity contribution < 1.29 is 19.7 Å². The second-order valence-corrected chi connectivity index (χ2v) is 5.72. The van der Waals surface area contributed by atoms with E-state index in [-0.39, 0.29) is 25.3 Å². The second kappa shape index (κ2) is 9.00. The summed E-state index contributed by atoms with van der Waals surface area (Å²) in [5.74, 6) is 0. The summed E-state index contributed by atoms with van der Waals surface area (Å²) < 4.78 is 5.06. The fourth-order valence-corrected chi connectivity index (χ4v) is 2.26. The molecule has 5 N–H and O–H groups in total. The van der Waals surface area contributed by atoms with Gasteiger partial charge in [-0.25, -0.2) is 4.79 Å². The maximum atomic E-state index is 11.6. The molecule has 1 aromatic heterocycles. The maximum absolute atomic E-state index is 11.6. The minimum atomic E-state index is -1.22. The van der Waals surface area contributed by atoms with Crippen molar-refractivity contribution in [1.29, 1.82) is 0 Å². The third-order valence-electron chi connectivity index (χ3n) is 3.66. The van der Waals surface area contributed by atoms with Crippen LogP contribution in [0.1, 0.15) is 29.5 Å². The van der Waals surface area contributed by atoms with Gasteiger partial charge in [-0.3, -0.25) is 4.98 Å². The molecule has 0 aliphatic rings. The summed E-state index contributed by atoms with van der Waals surface area (Å²) in [6, 6.07) is 12.7. The summed E-state index contributed by atoms with van der Waals surface area (Å²) in [5.41, 5.74) is 7.90. The van der Waals surface area contributed by atoms with Crippen molar-refractivity contribution in [2.24, 2.45) is 0 Å². The van der Waals surface area contributed by atoms with Gasteiger partial charge >= 0.3 is 6.09 Å². The Hall–Kier alpha value is -2.64. The number of aromatic nitrogens is 1. The molecule has 0 aliphatic carbocycles. The Balaban J connectivity index is 1.75. The number of amides is 1. The molecule has 134 valence electrons. The van der Waals surface area contributed by atoms with E-state index in [0.717, 1.165) is 5.56 Å². The van der Waals surface area contributed by atoms with Crippen molar-refractivity contribution in [2.75, 3.05) is 12.3 Å². The first-order valence-corrected chi connectivity index (χ1v) is 8.01. The van der Waals surface area contributed by atoms with Gasteiger partial charge in [0.25, 0.3) is 0 Å². The van der Waals surface area contributed by atoms with Gasteiger partial charge in [0.2, 0.25) is 0 Å². The third-order valence-corrected chi connectivity index (χ3v) is 3.66. The number of benzene rings is 1. The first kappa shape index (κ1) is 18.7. The van der Waals surface area contributed by atoms with Crippen molar-refractivity contribution in [2.45, 2.75) is 32.2 Å². The number of rotatable bonds is 7. The molecule has 0 saturated heterocycles. The van der Waals surface area contributed by atoms with Crippen LogP contribution in [-0.4, -0.2) is 33.9 Å². The average Bonchev–Trinajstić information content (AvgIpc) is 2.62. The van der Waals surface area contributed by atoms with E-state index >= 15 is 0 Å². The molecule has 2 atom stereocenters. The number of hydrogen-bond acceptors (Lipinski definition) is 6. The Labute approximate surface area is 146 Å². The van der Waals surface area contributed by atoms with Gasteiger partial charge in [0.1, 0.15) is 12.7 Å². The van der Waals surface area contributed by atoms with Crippen molar-refractivity contribution in [3.63, 3.8) is 0 Å². The number of nitrogen functional groups attached to an aromatic ring is 1. The van der Waals surface area contributed by atoms with E-state index in [1.165, 1.54) is 0 Å². The van der Waals surface area contributed by atoms with Gasteiger partial charge in [0, 0.05) is 12.2 Å². The molecule has 2 unspecified atom stereocenters. The molecule has 0 bridgehead atoms. The highest BCUT2D eigenvalue weighted by Crippen LogP contribution is 2.22. The minimum absolute atomic E-state index is 0.136. The van der Waals surface area contributed by atoms with E-state index in [2.05, 4.69) is 10.3 Å². The number of nitrogens with zero attached hydrogens (tertiary/aromatic N) is 1. The van der Waals surface area contributed by atoms with Crippen LogP contribution in [0.25, 0.3) is 0 Å². The SMILES string of the molecule is Cc1ccc(N)c(C(O)C(O)CCNC(=O)OCc2ccccc2)n1. The topological polar surface area (TPSA) is 118 Å². The molecule has 0 radical (unpaired) electrons. The van der Waals surface area contributed by atoms with E-state index in [0.29, 0.717) is 11.4 Å². The van der Waals surface area contributed by atoms with Crippen LogP contribution in [0.3, 0.4) is 0 Å². The lowest BCUT2D eigenvalue weighted by Crippen LogP contribution is -2.30. The molecule has 1 aromatic carbocycles. The number of aliphatic hydroxyl groups excluding tert-OH is 2. The summed E-state index contributed by atoms with van der Waals surface area (Å²) in [6.07, 6.45) is -2.77. The normalized spacial score (nSPS) is 13.1. The standard InChI is InChI=1S/C18H23N3O4/c1-12-7-8-14(19)16(21-12)17(23)15(22)9-10-20-18(24)25-11-13-5-3-2-4-6-13/h2-8,15,17,22-23H,9-11,19H2,1H3,(H,20,24). The summed E-state index contributed by atoms with van der Waals surface area (Å²) in [4.78, 5) is 15.8. The number of anilines is 1. The lowest BCUT2D eigenvalue weighted by molar-refractivity contribution is 0.0115. The molecule has 7 nitrogen and oxygen atoms in total. The minimum Gasteiger partial charge on any atom is -0.445 e. The van der Waals surface area contributed by atoms with Crippen LogP contribution in [0.15, 0.2) is 42.5 Å². The van der Waals surface area contributed by atoms with Crippen LogP contribution in [0.5, 0.6) is 0 Å². The van der Waals surface area contributed by atoms with Gasteiger partial charge in [-0.1, -0.05) is 30.3 Å². The van der Waals surface area contributed by atoms with Crippen molar-refractivity contribution in [3.8, 4) is 0 Å². The van der Waals surface area contributed by atoms with Crippen LogP contribution in [-0.2, 0) is 11.3 Å². The van der Waals surface area contributed by atoms with Crippen LogP contribution < -0.4 is 11.1 Å². The summed E-state index contributed by atoms with van der Waals surface area (Å²) in [7, 11) is 0. The average molecular weight is 345 g/mol. The molecule has 2 aromatic rings. The van der Waals surface area contributed by atoms with Gasteiger partial charge in [0.05, 0.1) is 17.5 Å². The Morgan fingerprint density at radius 1 is 1.24 bits per heavy atom. The molecular formula is C18H23N3O4. The maximum Gasteiger partial charge on any atom is 0.407 e. The zero-order valence-electron chi connectivity index (χ0n) is 14.1. The quantitative estimate of drug-likeness (QED) is 0.606. The molecule has 0 aliphatic heterocycles. The largest absolute Gasteiger partial charge is 0.445 e. The summed E-state index contributed by atoms with van der Waals surface area (Å²) >= 11 is 0. The van der Waals surface area contributed by atoms with E-state index in [9.17, 15) is 15.0 Å². The zero-order valence-corrected chi connectivity index (χ0v) is 14.1. The van der Waals surface area contributed by atoms with E-state index in [1.807, 2.05) is 30.3 Å². The predicted octanol–water partition coefficient (Wildman–Crippen LogP) is 1.68. The number of aliphatic hydroxyl groups is 2. The third kappa shape index (κ3) is 5.74. The monoisotopic (exact) mass is 345 g/mol. The molecule has 0 spiro atoms. The van der Waals surface area contributed by atoms with Gasteiger partial charge < -0.3 is 26.0 Å². The molecule has 0 saturated carbocycles. The van der Waals surface area contributed by atoms with Crippen molar-refractivity contribution >= 4 is 11.8 Å². The molecular weight excluding hydrogens is 322 g/mol. The number of pyridine rings is 1. The smallest absolute Gasteiger partial charge is 0.407 e. The summed E-state index contributed by atoms with van der Waals surface area (Å²) in [6.45, 7) is 2.09. The number of nitrogens with two attached hydrogens (primary N) is 1. The zero-order chi connectivity index (χ0) is 18.2. The van der Waals surface area contributed by atoms with E-state index in [1.54, 1.807) is 19.1 Å². The summed E-state index contributed by atoms with van der Waals surface area (Å²) in [5, 5.41) is 22.8. The number of aryl methyl sites for hydroxylation is 1. The van der Waals surface area contributed by atoms with Crippen LogP contribution in [0.2, 0.25) is 0 Å². The van der Waals surface area contributed by atoms with Gasteiger partial charge in [0.15, 0.2) is 0 Å². The first-order valence-electron chi connectivity index (χ1n) is 8.01. The number of hydrogen-bond donors (Lipinski definition) is 4. The van der Waals surface area contributed by atoms with Gasteiger partial charge in [-0.05, 0) is 31.0 Å². The molecule has 7 heteroatoms. The van der Waals surface area contributed by atoms with E-state index < -0.39 is 18.3 Å². The molecule has 1 heterocycles. The van der Waals surface area contributed by atoms with Gasteiger partial charge in [-0.2, -0.15) is 0 Å². The molecule has 1 amide bonds. The Morgan fingerprint density at radius 3 is 2.68 bits per heavy atom. The lowest BCUT2D eigenvalue weighted by Gasteiger charge is -2.19. The molecule has 0 fully saturated rings. The number of carbonyl (C=O) groups excluding carboxylic acids is 1. The number of alkyl carbamates (subject to hydrolysis) is 1. The fraction of sp³-hybridized carbons (Fsp3) is 0.333. The number of carbonyl (C=O) groups is 1. The van der Waals surface area contributed by atoms with Crippen LogP contribution >= 0.6 is 0 Å². The fourth-order valence-electron chi connectivity index (χ4n) is 2.26. The predicted molar refractivity (Wildman–Crippen MR) is 93.6 cm³/mol. The molecule has 25 heavy (non-hydrogen) atoms. The Morgan fingerprint density at radius 2 is 1.96 bits per heavy atom. The van der Waals surface area contributed by atoms with E-state index in [4.69, 9.17) is 10.5 Å². The Kier molecular flexibility index (Phi) is 6.73. The first-order chi connectivity index (χ1) is 12.0. The Bertz CT molecular complexity index is 694.